The molecule has 4 nitrogen and oxygen atoms in total. The number of anilines is 2. The minimum atomic E-state index is -0.303. The quantitative estimate of drug-likeness (QED) is 0.557. The molecule has 0 unspecified atom stereocenters. The van der Waals surface area contributed by atoms with Gasteiger partial charge in [-0.2, -0.15) is 0 Å². The van der Waals surface area contributed by atoms with Crippen LogP contribution in [0.3, 0.4) is 0 Å². The van der Waals surface area contributed by atoms with Crippen LogP contribution in [0.2, 0.25) is 0 Å². The van der Waals surface area contributed by atoms with Gasteiger partial charge in [-0.15, -0.1) is 0 Å². The first-order valence-electron chi connectivity index (χ1n) is 4.28. The van der Waals surface area contributed by atoms with E-state index in [2.05, 4.69) is 10.6 Å². The molecule has 0 atom stereocenters. The van der Waals surface area contributed by atoms with Gasteiger partial charge in [0.15, 0.2) is 0 Å². The molecule has 0 aliphatic carbocycles. The number of amides is 1. The van der Waals surface area contributed by atoms with Crippen molar-refractivity contribution in [3.8, 4) is 0 Å². The van der Waals surface area contributed by atoms with E-state index in [9.17, 15) is 9.59 Å². The molecule has 0 spiro atoms. The number of carbonyl (C=O) groups is 2. The number of benzene rings is 1. The molecule has 0 aliphatic rings. The molecule has 0 saturated carbocycles. The number of carbonyl (C=O) groups excluding carboxylic acids is 2. The summed E-state index contributed by atoms with van der Waals surface area (Å²) in [5.74, 6) is -0.303. The summed E-state index contributed by atoms with van der Waals surface area (Å²) in [5, 5.41) is 5.57. The van der Waals surface area contributed by atoms with Gasteiger partial charge in [0, 0.05) is 7.05 Å². The molecular weight excluding hydrogens is 180 g/mol. The van der Waals surface area contributed by atoms with E-state index >= 15 is 0 Å². The summed E-state index contributed by atoms with van der Waals surface area (Å²) in [6.07, 6.45) is 0.468. The van der Waals surface area contributed by atoms with E-state index in [0.717, 1.165) is 5.69 Å². The predicted octanol–water partition coefficient (Wildman–Crippen LogP) is 1.26. The summed E-state index contributed by atoms with van der Waals surface area (Å²) in [6, 6.07) is 7.30. The zero-order valence-corrected chi connectivity index (χ0v) is 7.91. The Balaban J connectivity index is 2.74. The van der Waals surface area contributed by atoms with E-state index in [1.165, 1.54) is 0 Å². The normalized spacial score (nSPS) is 9.21. The summed E-state index contributed by atoms with van der Waals surface area (Å²) in [4.78, 5) is 21.2. The number of rotatable bonds is 4. The van der Waals surface area contributed by atoms with Crippen LogP contribution in [0.25, 0.3) is 0 Å². The summed E-state index contributed by atoms with van der Waals surface area (Å²) in [6.45, 7) is 0. The van der Waals surface area contributed by atoms with Gasteiger partial charge in [-0.1, -0.05) is 12.1 Å². The summed E-state index contributed by atoms with van der Waals surface area (Å²) >= 11 is 0. The SMILES string of the molecule is CNc1ccccc1NC(=O)CC=O. The molecular formula is C10H12N2O2. The minimum absolute atomic E-state index is 0.113. The van der Waals surface area contributed by atoms with Crippen molar-refractivity contribution in [2.24, 2.45) is 0 Å². The highest BCUT2D eigenvalue weighted by Gasteiger charge is 2.03. The fourth-order valence-corrected chi connectivity index (χ4v) is 1.09. The Kier molecular flexibility index (Phi) is 3.67. The Labute approximate surface area is 82.3 Å². The van der Waals surface area contributed by atoms with Crippen LogP contribution >= 0.6 is 0 Å². The number of para-hydroxylation sites is 2. The predicted molar refractivity (Wildman–Crippen MR) is 55.3 cm³/mol. The van der Waals surface area contributed by atoms with E-state index in [1.807, 2.05) is 18.2 Å². The summed E-state index contributed by atoms with van der Waals surface area (Å²) in [7, 11) is 1.77. The van der Waals surface area contributed by atoms with Gasteiger partial charge < -0.3 is 15.4 Å². The topological polar surface area (TPSA) is 58.2 Å². The van der Waals surface area contributed by atoms with Crippen LogP contribution in [0.1, 0.15) is 6.42 Å². The maximum atomic E-state index is 11.1. The van der Waals surface area contributed by atoms with Crippen LogP contribution in [0.4, 0.5) is 11.4 Å². The Morgan fingerprint density at radius 3 is 2.57 bits per heavy atom. The van der Waals surface area contributed by atoms with Crippen molar-refractivity contribution in [3.63, 3.8) is 0 Å². The van der Waals surface area contributed by atoms with E-state index in [-0.39, 0.29) is 12.3 Å². The van der Waals surface area contributed by atoms with Crippen molar-refractivity contribution in [1.29, 1.82) is 0 Å². The first kappa shape index (κ1) is 10.2. The maximum Gasteiger partial charge on any atom is 0.231 e. The van der Waals surface area contributed by atoms with E-state index in [1.54, 1.807) is 13.1 Å². The lowest BCUT2D eigenvalue weighted by atomic mass is 10.2. The zero-order valence-electron chi connectivity index (χ0n) is 7.91. The van der Waals surface area contributed by atoms with Gasteiger partial charge in [-0.05, 0) is 12.1 Å². The highest BCUT2D eigenvalue weighted by molar-refractivity contribution is 6.00. The largest absolute Gasteiger partial charge is 0.386 e. The van der Waals surface area contributed by atoms with E-state index in [0.29, 0.717) is 12.0 Å². The second-order valence-corrected chi connectivity index (χ2v) is 2.71. The fraction of sp³-hybridized carbons (Fsp3) is 0.200. The van der Waals surface area contributed by atoms with Crippen LogP contribution < -0.4 is 10.6 Å². The molecule has 0 fully saturated rings. The molecule has 0 aliphatic heterocycles. The van der Waals surface area contributed by atoms with Gasteiger partial charge in [-0.3, -0.25) is 4.79 Å². The van der Waals surface area contributed by atoms with Crippen molar-refractivity contribution in [1.82, 2.24) is 0 Å². The van der Waals surface area contributed by atoms with Crippen molar-refractivity contribution < 1.29 is 9.59 Å². The van der Waals surface area contributed by atoms with Crippen LogP contribution in [-0.2, 0) is 9.59 Å². The molecule has 0 heterocycles. The van der Waals surface area contributed by atoms with Crippen molar-refractivity contribution >= 4 is 23.6 Å². The van der Waals surface area contributed by atoms with Crippen LogP contribution in [0.15, 0.2) is 24.3 Å². The lowest BCUT2D eigenvalue weighted by Gasteiger charge is -2.08. The highest BCUT2D eigenvalue weighted by atomic mass is 16.2. The Hall–Kier alpha value is -1.84. The standard InChI is InChI=1S/C10H12N2O2/c1-11-8-4-2-3-5-9(8)12-10(14)6-7-13/h2-5,7,11H,6H2,1H3,(H,12,14). The smallest absolute Gasteiger partial charge is 0.231 e. The second kappa shape index (κ2) is 5.01. The monoisotopic (exact) mass is 192 g/mol. The van der Waals surface area contributed by atoms with E-state index in [4.69, 9.17) is 0 Å². The maximum absolute atomic E-state index is 11.1. The van der Waals surface area contributed by atoms with Crippen molar-refractivity contribution in [2.45, 2.75) is 6.42 Å². The minimum Gasteiger partial charge on any atom is -0.386 e. The lowest BCUT2D eigenvalue weighted by molar-refractivity contribution is -0.119. The first-order chi connectivity index (χ1) is 6.77. The van der Waals surface area contributed by atoms with Gasteiger partial charge in [0.2, 0.25) is 5.91 Å². The Morgan fingerprint density at radius 2 is 2.00 bits per heavy atom. The Morgan fingerprint density at radius 1 is 1.36 bits per heavy atom. The van der Waals surface area contributed by atoms with Gasteiger partial charge in [-0.25, -0.2) is 0 Å². The molecule has 1 rings (SSSR count). The third-order valence-corrected chi connectivity index (χ3v) is 1.74. The molecule has 0 saturated heterocycles. The van der Waals surface area contributed by atoms with Crippen LogP contribution in [0, 0.1) is 0 Å². The number of hydrogen-bond acceptors (Lipinski definition) is 3. The molecule has 4 heteroatoms. The number of aldehydes is 1. The summed E-state index contributed by atoms with van der Waals surface area (Å²) < 4.78 is 0. The van der Waals surface area contributed by atoms with Gasteiger partial charge >= 0.3 is 0 Å². The number of hydrogen-bond donors (Lipinski definition) is 2. The van der Waals surface area contributed by atoms with E-state index < -0.39 is 0 Å². The first-order valence-corrected chi connectivity index (χ1v) is 4.28. The highest BCUT2D eigenvalue weighted by Crippen LogP contribution is 2.19. The molecule has 1 aromatic carbocycles. The third kappa shape index (κ3) is 2.58. The molecule has 14 heavy (non-hydrogen) atoms. The molecule has 1 aromatic rings. The zero-order chi connectivity index (χ0) is 10.4. The summed E-state index contributed by atoms with van der Waals surface area (Å²) in [5.41, 5.74) is 1.51. The average Bonchev–Trinajstić information content (AvgIpc) is 2.19. The molecule has 0 bridgehead atoms. The van der Waals surface area contributed by atoms with Gasteiger partial charge in [0.25, 0.3) is 0 Å². The lowest BCUT2D eigenvalue weighted by Crippen LogP contribution is -2.12. The molecule has 0 aromatic heterocycles. The average molecular weight is 192 g/mol. The molecule has 2 N–H and O–H groups in total. The van der Waals surface area contributed by atoms with Crippen LogP contribution in [0.5, 0.6) is 0 Å². The second-order valence-electron chi connectivity index (χ2n) is 2.71. The molecule has 0 radical (unpaired) electrons. The van der Waals surface area contributed by atoms with Crippen LogP contribution in [-0.4, -0.2) is 19.2 Å². The van der Waals surface area contributed by atoms with Crippen molar-refractivity contribution in [3.05, 3.63) is 24.3 Å². The van der Waals surface area contributed by atoms with Gasteiger partial charge in [0.05, 0.1) is 17.8 Å². The number of nitrogens with one attached hydrogen (secondary N) is 2. The van der Waals surface area contributed by atoms with Gasteiger partial charge in [0.1, 0.15) is 6.29 Å². The Bertz CT molecular complexity index is 337. The van der Waals surface area contributed by atoms with Crippen molar-refractivity contribution in [2.75, 3.05) is 17.7 Å². The molecule has 1 amide bonds. The third-order valence-electron chi connectivity index (χ3n) is 1.74. The molecule has 74 valence electrons. The fourth-order valence-electron chi connectivity index (χ4n) is 1.09.